The third kappa shape index (κ3) is 4.51. The van der Waals surface area contributed by atoms with Crippen LogP contribution >= 0.6 is 0 Å². The highest BCUT2D eigenvalue weighted by Crippen LogP contribution is 2.15. The van der Waals surface area contributed by atoms with Crippen molar-refractivity contribution in [1.82, 2.24) is 10.2 Å². The Labute approximate surface area is 116 Å². The number of nitrogens with zero attached hydrogens (tertiary/aromatic N) is 1. The van der Waals surface area contributed by atoms with Crippen LogP contribution in [0.3, 0.4) is 0 Å². The molecule has 19 heavy (non-hydrogen) atoms. The van der Waals surface area contributed by atoms with Crippen molar-refractivity contribution in [3.05, 3.63) is 29.8 Å². The number of nitrogens with one attached hydrogen (secondary N) is 1. The summed E-state index contributed by atoms with van der Waals surface area (Å²) in [5.41, 5.74) is 1.37. The van der Waals surface area contributed by atoms with Crippen LogP contribution in [-0.2, 0) is 6.54 Å². The summed E-state index contributed by atoms with van der Waals surface area (Å²) in [5.74, 6) is 1.64. The van der Waals surface area contributed by atoms with Gasteiger partial charge in [0.05, 0.1) is 7.11 Å². The van der Waals surface area contributed by atoms with Gasteiger partial charge in [-0.1, -0.05) is 19.1 Å². The SMILES string of the molecule is COc1ccc(CN2CCC(C)NCC(C)C2)cc1. The molecule has 1 N–H and O–H groups in total. The maximum atomic E-state index is 5.20. The second-order valence-electron chi connectivity index (χ2n) is 5.79. The van der Waals surface area contributed by atoms with Crippen LogP contribution in [0.5, 0.6) is 5.75 Å². The number of hydrogen-bond acceptors (Lipinski definition) is 3. The maximum Gasteiger partial charge on any atom is 0.118 e. The molecule has 1 aliphatic rings. The normalized spacial score (nSPS) is 25.6. The molecule has 1 saturated heterocycles. The van der Waals surface area contributed by atoms with E-state index in [1.165, 1.54) is 25.1 Å². The Hall–Kier alpha value is -1.06. The molecule has 0 amide bonds. The van der Waals surface area contributed by atoms with Gasteiger partial charge in [0.15, 0.2) is 0 Å². The zero-order valence-corrected chi connectivity index (χ0v) is 12.4. The molecule has 1 aromatic rings. The first-order valence-corrected chi connectivity index (χ1v) is 7.26. The minimum atomic E-state index is 0.626. The Morgan fingerprint density at radius 2 is 2.00 bits per heavy atom. The number of benzene rings is 1. The van der Waals surface area contributed by atoms with E-state index in [9.17, 15) is 0 Å². The van der Waals surface area contributed by atoms with E-state index < -0.39 is 0 Å². The summed E-state index contributed by atoms with van der Waals surface area (Å²) in [7, 11) is 1.71. The molecule has 0 bridgehead atoms. The predicted octanol–water partition coefficient (Wildman–Crippen LogP) is 2.52. The van der Waals surface area contributed by atoms with E-state index in [0.717, 1.165) is 18.8 Å². The second-order valence-corrected chi connectivity index (χ2v) is 5.79. The Bertz CT molecular complexity index is 377. The van der Waals surface area contributed by atoms with Crippen molar-refractivity contribution in [2.45, 2.75) is 32.9 Å². The topological polar surface area (TPSA) is 24.5 Å². The van der Waals surface area contributed by atoms with Crippen LogP contribution in [0, 0.1) is 5.92 Å². The summed E-state index contributed by atoms with van der Waals surface area (Å²) in [6.45, 7) is 9.12. The molecule has 3 heteroatoms. The Morgan fingerprint density at radius 3 is 2.68 bits per heavy atom. The lowest BCUT2D eigenvalue weighted by atomic mass is 10.1. The Morgan fingerprint density at radius 1 is 1.26 bits per heavy atom. The van der Waals surface area contributed by atoms with Crippen LogP contribution in [0.4, 0.5) is 0 Å². The summed E-state index contributed by atoms with van der Waals surface area (Å²) in [6.07, 6.45) is 1.23. The van der Waals surface area contributed by atoms with Gasteiger partial charge in [-0.2, -0.15) is 0 Å². The van der Waals surface area contributed by atoms with E-state index in [1.54, 1.807) is 7.11 Å². The van der Waals surface area contributed by atoms with E-state index in [2.05, 4.69) is 36.2 Å². The fraction of sp³-hybridized carbons (Fsp3) is 0.625. The van der Waals surface area contributed by atoms with Crippen molar-refractivity contribution < 1.29 is 4.74 Å². The summed E-state index contributed by atoms with van der Waals surface area (Å²) in [6, 6.07) is 9.06. The highest BCUT2D eigenvalue weighted by molar-refractivity contribution is 5.27. The first-order chi connectivity index (χ1) is 9.17. The van der Waals surface area contributed by atoms with Gasteiger partial charge in [-0.3, -0.25) is 4.90 Å². The Kier molecular flexibility index (Phi) is 5.23. The van der Waals surface area contributed by atoms with Gasteiger partial charge >= 0.3 is 0 Å². The van der Waals surface area contributed by atoms with Gasteiger partial charge in [0, 0.05) is 19.1 Å². The Balaban J connectivity index is 1.95. The molecule has 0 radical (unpaired) electrons. The number of hydrogen-bond donors (Lipinski definition) is 1. The second kappa shape index (κ2) is 6.92. The fourth-order valence-electron chi connectivity index (χ4n) is 2.61. The van der Waals surface area contributed by atoms with Gasteiger partial charge in [0.1, 0.15) is 5.75 Å². The maximum absolute atomic E-state index is 5.20. The van der Waals surface area contributed by atoms with Gasteiger partial charge in [-0.15, -0.1) is 0 Å². The third-order valence-corrected chi connectivity index (χ3v) is 3.83. The highest BCUT2D eigenvalue weighted by atomic mass is 16.5. The molecule has 1 heterocycles. The molecular formula is C16H26N2O. The third-order valence-electron chi connectivity index (χ3n) is 3.83. The highest BCUT2D eigenvalue weighted by Gasteiger charge is 2.16. The zero-order chi connectivity index (χ0) is 13.7. The monoisotopic (exact) mass is 262 g/mol. The molecule has 2 rings (SSSR count). The molecule has 1 aromatic carbocycles. The lowest BCUT2D eigenvalue weighted by molar-refractivity contribution is 0.195. The van der Waals surface area contributed by atoms with Crippen molar-refractivity contribution in [1.29, 1.82) is 0 Å². The summed E-state index contributed by atoms with van der Waals surface area (Å²) in [5, 5.41) is 3.59. The minimum absolute atomic E-state index is 0.626. The molecule has 2 unspecified atom stereocenters. The van der Waals surface area contributed by atoms with Crippen LogP contribution in [0.15, 0.2) is 24.3 Å². The molecule has 3 nitrogen and oxygen atoms in total. The van der Waals surface area contributed by atoms with E-state index in [0.29, 0.717) is 12.0 Å². The summed E-state index contributed by atoms with van der Waals surface area (Å²) in [4.78, 5) is 2.57. The number of ether oxygens (including phenoxy) is 1. The average Bonchev–Trinajstić information content (AvgIpc) is 2.42. The lowest BCUT2D eigenvalue weighted by Crippen LogP contribution is -2.42. The molecule has 0 aliphatic carbocycles. The molecular weight excluding hydrogens is 236 g/mol. The first-order valence-electron chi connectivity index (χ1n) is 7.26. The van der Waals surface area contributed by atoms with Crippen LogP contribution in [0.25, 0.3) is 0 Å². The standard InChI is InChI=1S/C16H26N2O/c1-13-10-17-14(2)8-9-18(11-13)12-15-4-6-16(19-3)7-5-15/h4-7,13-14,17H,8-12H2,1-3H3. The molecule has 106 valence electrons. The van der Waals surface area contributed by atoms with Crippen LogP contribution < -0.4 is 10.1 Å². The van der Waals surface area contributed by atoms with Gasteiger partial charge in [0.25, 0.3) is 0 Å². The minimum Gasteiger partial charge on any atom is -0.497 e. The van der Waals surface area contributed by atoms with E-state index in [1.807, 2.05) is 12.1 Å². The molecule has 0 spiro atoms. The van der Waals surface area contributed by atoms with Crippen molar-refractivity contribution in [2.75, 3.05) is 26.7 Å². The predicted molar refractivity (Wildman–Crippen MR) is 79.5 cm³/mol. The number of methoxy groups -OCH3 is 1. The fourth-order valence-corrected chi connectivity index (χ4v) is 2.61. The smallest absolute Gasteiger partial charge is 0.118 e. The molecule has 0 aromatic heterocycles. The molecule has 1 aliphatic heterocycles. The van der Waals surface area contributed by atoms with E-state index in [-0.39, 0.29) is 0 Å². The van der Waals surface area contributed by atoms with Gasteiger partial charge in [-0.25, -0.2) is 0 Å². The zero-order valence-electron chi connectivity index (χ0n) is 12.4. The van der Waals surface area contributed by atoms with Crippen molar-refractivity contribution in [3.8, 4) is 5.75 Å². The quantitative estimate of drug-likeness (QED) is 0.906. The first kappa shape index (κ1) is 14.4. The molecule has 2 atom stereocenters. The number of rotatable bonds is 3. The van der Waals surface area contributed by atoms with E-state index >= 15 is 0 Å². The van der Waals surface area contributed by atoms with Gasteiger partial charge in [-0.05, 0) is 50.0 Å². The van der Waals surface area contributed by atoms with Gasteiger partial charge < -0.3 is 10.1 Å². The van der Waals surface area contributed by atoms with Crippen LogP contribution in [0.2, 0.25) is 0 Å². The molecule has 1 fully saturated rings. The van der Waals surface area contributed by atoms with Gasteiger partial charge in [0.2, 0.25) is 0 Å². The van der Waals surface area contributed by atoms with Crippen molar-refractivity contribution in [2.24, 2.45) is 5.92 Å². The van der Waals surface area contributed by atoms with Crippen LogP contribution in [-0.4, -0.2) is 37.7 Å². The largest absolute Gasteiger partial charge is 0.497 e. The van der Waals surface area contributed by atoms with Crippen LogP contribution in [0.1, 0.15) is 25.8 Å². The summed E-state index contributed by atoms with van der Waals surface area (Å²) >= 11 is 0. The van der Waals surface area contributed by atoms with Crippen molar-refractivity contribution in [3.63, 3.8) is 0 Å². The van der Waals surface area contributed by atoms with Crippen molar-refractivity contribution >= 4 is 0 Å². The average molecular weight is 262 g/mol. The van der Waals surface area contributed by atoms with E-state index in [4.69, 9.17) is 4.74 Å². The lowest BCUT2D eigenvalue weighted by Gasteiger charge is -2.31. The summed E-state index contributed by atoms with van der Waals surface area (Å²) < 4.78 is 5.20. The molecule has 0 saturated carbocycles.